The summed E-state index contributed by atoms with van der Waals surface area (Å²) in [5, 5.41) is 22.7. The van der Waals surface area contributed by atoms with E-state index in [-0.39, 0.29) is 5.56 Å². The first-order chi connectivity index (χ1) is 12.1. The van der Waals surface area contributed by atoms with Gasteiger partial charge in [0.05, 0.1) is 11.8 Å². The lowest BCUT2D eigenvalue weighted by Gasteiger charge is -2.02. The molecule has 3 rings (SSSR count). The van der Waals surface area contributed by atoms with E-state index in [4.69, 9.17) is 11.6 Å². The Morgan fingerprint density at radius 3 is 2.76 bits per heavy atom. The monoisotopic (exact) mass is 372 g/mol. The summed E-state index contributed by atoms with van der Waals surface area (Å²) in [5.74, 6) is -0.306. The zero-order chi connectivity index (χ0) is 17.6. The number of thioether (sulfide) groups is 1. The van der Waals surface area contributed by atoms with Crippen molar-refractivity contribution in [2.24, 2.45) is 5.10 Å². The Morgan fingerprint density at radius 1 is 1.24 bits per heavy atom. The Hall–Kier alpha value is -2.64. The lowest BCUT2D eigenvalue weighted by Crippen LogP contribution is -2.02. The summed E-state index contributed by atoms with van der Waals surface area (Å²) in [6, 6.07) is 14.2. The molecule has 0 aliphatic heterocycles. The maximum atomic E-state index is 11.2. The molecule has 2 aromatic carbocycles. The summed E-state index contributed by atoms with van der Waals surface area (Å²) < 4.78 is 1.51. The molecule has 126 valence electrons. The van der Waals surface area contributed by atoms with Crippen molar-refractivity contribution in [3.63, 3.8) is 0 Å². The molecule has 0 aliphatic rings. The largest absolute Gasteiger partial charge is 0.478 e. The summed E-state index contributed by atoms with van der Waals surface area (Å²) in [6.07, 6.45) is 2.96. The van der Waals surface area contributed by atoms with E-state index in [0.717, 1.165) is 5.56 Å². The van der Waals surface area contributed by atoms with Crippen molar-refractivity contribution >= 4 is 35.5 Å². The van der Waals surface area contributed by atoms with Crippen LogP contribution in [0.1, 0.15) is 21.5 Å². The molecule has 8 heteroatoms. The molecule has 1 aromatic heterocycles. The molecule has 0 aliphatic carbocycles. The molecule has 0 radical (unpaired) electrons. The first-order valence-electron chi connectivity index (χ1n) is 7.27. The van der Waals surface area contributed by atoms with Crippen molar-refractivity contribution < 1.29 is 9.90 Å². The second-order valence-electron chi connectivity index (χ2n) is 5.01. The van der Waals surface area contributed by atoms with Gasteiger partial charge in [0.25, 0.3) is 0 Å². The summed E-state index contributed by atoms with van der Waals surface area (Å²) in [5.41, 5.74) is 1.80. The average molecular weight is 373 g/mol. The van der Waals surface area contributed by atoms with Crippen molar-refractivity contribution in [2.75, 3.05) is 0 Å². The number of hydrogen-bond acceptors (Lipinski definition) is 5. The van der Waals surface area contributed by atoms with Gasteiger partial charge >= 0.3 is 5.97 Å². The maximum absolute atomic E-state index is 11.2. The predicted molar refractivity (Wildman–Crippen MR) is 97.4 cm³/mol. The predicted octanol–water partition coefficient (Wildman–Crippen LogP) is 3.80. The maximum Gasteiger partial charge on any atom is 0.336 e. The Kier molecular flexibility index (Phi) is 5.47. The second kappa shape index (κ2) is 7.96. The average Bonchev–Trinajstić information content (AvgIpc) is 3.07. The normalized spacial score (nSPS) is 11.1. The topological polar surface area (TPSA) is 80.4 Å². The van der Waals surface area contributed by atoms with Crippen molar-refractivity contribution in [1.82, 2.24) is 14.9 Å². The fourth-order valence-electron chi connectivity index (χ4n) is 2.05. The van der Waals surface area contributed by atoms with Crippen molar-refractivity contribution in [1.29, 1.82) is 0 Å². The van der Waals surface area contributed by atoms with Crippen molar-refractivity contribution in [3.8, 4) is 0 Å². The summed E-state index contributed by atoms with van der Waals surface area (Å²) in [4.78, 5) is 11.2. The molecular formula is C17H13ClN4O2S. The van der Waals surface area contributed by atoms with Crippen LogP contribution in [0.5, 0.6) is 0 Å². The zero-order valence-corrected chi connectivity index (χ0v) is 14.5. The SMILES string of the molecule is O=C(O)c1ccccc1/C=N/n1cnnc1SCc1ccc(Cl)cc1. The molecule has 0 atom stereocenters. The minimum Gasteiger partial charge on any atom is -0.478 e. The highest BCUT2D eigenvalue weighted by Crippen LogP contribution is 2.21. The number of carboxylic acids is 1. The first-order valence-corrected chi connectivity index (χ1v) is 8.64. The van der Waals surface area contributed by atoms with Crippen LogP contribution < -0.4 is 0 Å². The number of aromatic carboxylic acids is 1. The van der Waals surface area contributed by atoms with Crippen LogP contribution in [0.25, 0.3) is 0 Å². The minimum absolute atomic E-state index is 0.190. The number of rotatable bonds is 6. The molecule has 0 spiro atoms. The van der Waals surface area contributed by atoms with E-state index in [9.17, 15) is 9.90 Å². The van der Waals surface area contributed by atoms with Crippen LogP contribution in [0.2, 0.25) is 5.02 Å². The van der Waals surface area contributed by atoms with Gasteiger partial charge in [0.1, 0.15) is 6.33 Å². The highest BCUT2D eigenvalue weighted by molar-refractivity contribution is 7.98. The van der Waals surface area contributed by atoms with Crippen molar-refractivity contribution in [3.05, 3.63) is 76.6 Å². The fourth-order valence-corrected chi connectivity index (χ4v) is 3.00. The molecule has 0 saturated carbocycles. The third kappa shape index (κ3) is 4.46. The van der Waals surface area contributed by atoms with Gasteiger partial charge < -0.3 is 5.11 Å². The number of aromatic nitrogens is 3. The van der Waals surface area contributed by atoms with Gasteiger partial charge in [-0.05, 0) is 23.8 Å². The van der Waals surface area contributed by atoms with Crippen LogP contribution in [0.15, 0.2) is 65.1 Å². The van der Waals surface area contributed by atoms with Crippen LogP contribution in [0.3, 0.4) is 0 Å². The summed E-state index contributed by atoms with van der Waals surface area (Å²) in [7, 11) is 0. The van der Waals surface area contributed by atoms with Gasteiger partial charge in [-0.1, -0.05) is 53.7 Å². The van der Waals surface area contributed by atoms with Crippen LogP contribution >= 0.6 is 23.4 Å². The Labute approximate surface area is 153 Å². The number of hydrogen-bond donors (Lipinski definition) is 1. The van der Waals surface area contributed by atoms with E-state index in [1.54, 1.807) is 18.2 Å². The molecular weight excluding hydrogens is 360 g/mol. The highest BCUT2D eigenvalue weighted by atomic mass is 35.5. The van der Waals surface area contributed by atoms with Crippen LogP contribution in [-0.4, -0.2) is 32.2 Å². The summed E-state index contributed by atoms with van der Waals surface area (Å²) >= 11 is 7.35. The number of carboxylic acid groups (broad SMARTS) is 1. The number of carbonyl (C=O) groups is 1. The zero-order valence-electron chi connectivity index (χ0n) is 12.9. The number of halogens is 1. The Morgan fingerprint density at radius 2 is 2.00 bits per heavy atom. The van der Waals surface area contributed by atoms with Gasteiger partial charge in [0.15, 0.2) is 0 Å². The molecule has 1 heterocycles. The van der Waals surface area contributed by atoms with Crippen LogP contribution in [0.4, 0.5) is 0 Å². The third-order valence-corrected chi connectivity index (χ3v) is 4.55. The van der Waals surface area contributed by atoms with Gasteiger partial charge in [-0.2, -0.15) is 9.78 Å². The van der Waals surface area contributed by atoms with Crippen LogP contribution in [-0.2, 0) is 5.75 Å². The minimum atomic E-state index is -0.997. The summed E-state index contributed by atoms with van der Waals surface area (Å²) in [6.45, 7) is 0. The number of benzene rings is 2. The van der Waals surface area contributed by atoms with Gasteiger partial charge in [-0.25, -0.2) is 4.79 Å². The third-order valence-electron chi connectivity index (χ3n) is 3.29. The van der Waals surface area contributed by atoms with E-state index in [1.165, 1.54) is 35.0 Å². The van der Waals surface area contributed by atoms with Gasteiger partial charge in [0.2, 0.25) is 5.16 Å². The number of nitrogens with zero attached hydrogens (tertiary/aromatic N) is 4. The molecule has 0 amide bonds. The Bertz CT molecular complexity index is 909. The standard InChI is InChI=1S/C17H13ClN4O2S/c18-14-7-5-12(6-8-14)10-25-17-21-19-11-22(17)20-9-13-3-1-2-4-15(13)16(23)24/h1-9,11H,10H2,(H,23,24)/b20-9+. The van der Waals surface area contributed by atoms with E-state index in [0.29, 0.717) is 21.5 Å². The smallest absolute Gasteiger partial charge is 0.336 e. The van der Waals surface area contributed by atoms with E-state index in [2.05, 4.69) is 15.3 Å². The molecule has 1 N–H and O–H groups in total. The van der Waals surface area contributed by atoms with Crippen LogP contribution in [0, 0.1) is 0 Å². The molecule has 3 aromatic rings. The van der Waals surface area contributed by atoms with Gasteiger partial charge in [-0.3, -0.25) is 0 Å². The van der Waals surface area contributed by atoms with E-state index >= 15 is 0 Å². The van der Waals surface area contributed by atoms with E-state index < -0.39 is 5.97 Å². The first kappa shape index (κ1) is 17.2. The molecule has 0 unspecified atom stereocenters. The van der Waals surface area contributed by atoms with Crippen molar-refractivity contribution in [2.45, 2.75) is 10.9 Å². The fraction of sp³-hybridized carbons (Fsp3) is 0.0588. The molecule has 0 fully saturated rings. The molecule has 0 saturated heterocycles. The highest BCUT2D eigenvalue weighted by Gasteiger charge is 2.08. The quantitative estimate of drug-likeness (QED) is 0.525. The molecule has 6 nitrogen and oxygen atoms in total. The second-order valence-corrected chi connectivity index (χ2v) is 6.39. The molecule has 25 heavy (non-hydrogen) atoms. The Balaban J connectivity index is 1.73. The lowest BCUT2D eigenvalue weighted by molar-refractivity contribution is 0.0697. The molecule has 0 bridgehead atoms. The van der Waals surface area contributed by atoms with E-state index in [1.807, 2.05) is 24.3 Å². The lowest BCUT2D eigenvalue weighted by atomic mass is 10.1. The van der Waals surface area contributed by atoms with Gasteiger partial charge in [0, 0.05) is 16.3 Å². The van der Waals surface area contributed by atoms with Gasteiger partial charge in [-0.15, -0.1) is 10.2 Å².